The summed E-state index contributed by atoms with van der Waals surface area (Å²) in [5, 5.41) is 12.0. The second-order valence-electron chi connectivity index (χ2n) is 4.47. The van der Waals surface area contributed by atoms with Crippen LogP contribution in [0.2, 0.25) is 0 Å². The third-order valence-corrected chi connectivity index (χ3v) is 2.25. The van der Waals surface area contributed by atoms with Gasteiger partial charge in [-0.25, -0.2) is 4.79 Å². The molecule has 0 aliphatic carbocycles. The zero-order valence-corrected chi connectivity index (χ0v) is 10.5. The van der Waals surface area contributed by atoms with Crippen LogP contribution in [0.5, 0.6) is 5.75 Å². The summed E-state index contributed by atoms with van der Waals surface area (Å²) in [6.07, 6.45) is -0.413. The summed E-state index contributed by atoms with van der Waals surface area (Å²) in [6, 6.07) is 5.22. The standard InChI is InChI=1S/C13H19NO3/c1-9(2)8-17-13(16)14-7-11-4-5-12(15)10(3)6-11/h4-6,9,15H,7-8H2,1-3H3,(H,14,16). The van der Waals surface area contributed by atoms with E-state index in [9.17, 15) is 9.90 Å². The van der Waals surface area contributed by atoms with E-state index < -0.39 is 6.09 Å². The summed E-state index contributed by atoms with van der Waals surface area (Å²) < 4.78 is 4.98. The molecule has 0 fully saturated rings. The number of carbonyl (C=O) groups excluding carboxylic acids is 1. The number of phenols is 1. The lowest BCUT2D eigenvalue weighted by Gasteiger charge is -2.09. The van der Waals surface area contributed by atoms with Gasteiger partial charge in [-0.1, -0.05) is 26.0 Å². The minimum atomic E-state index is -0.413. The van der Waals surface area contributed by atoms with Crippen molar-refractivity contribution < 1.29 is 14.6 Å². The van der Waals surface area contributed by atoms with Crippen molar-refractivity contribution in [3.63, 3.8) is 0 Å². The molecule has 0 heterocycles. The first kappa shape index (κ1) is 13.4. The van der Waals surface area contributed by atoms with Gasteiger partial charge in [0.05, 0.1) is 6.61 Å². The zero-order valence-electron chi connectivity index (χ0n) is 10.5. The molecule has 0 aromatic heterocycles. The van der Waals surface area contributed by atoms with Gasteiger partial charge in [0.15, 0.2) is 0 Å². The van der Waals surface area contributed by atoms with Crippen molar-refractivity contribution in [2.45, 2.75) is 27.3 Å². The van der Waals surface area contributed by atoms with Crippen LogP contribution < -0.4 is 5.32 Å². The summed E-state index contributed by atoms with van der Waals surface area (Å²) in [7, 11) is 0. The summed E-state index contributed by atoms with van der Waals surface area (Å²) >= 11 is 0. The van der Waals surface area contributed by atoms with E-state index in [0.29, 0.717) is 19.1 Å². The number of alkyl carbamates (subject to hydrolysis) is 1. The van der Waals surface area contributed by atoms with Gasteiger partial charge in [-0.2, -0.15) is 0 Å². The Hall–Kier alpha value is -1.71. The molecule has 0 saturated heterocycles. The van der Waals surface area contributed by atoms with Crippen molar-refractivity contribution in [1.82, 2.24) is 5.32 Å². The van der Waals surface area contributed by atoms with Crippen molar-refractivity contribution in [3.8, 4) is 5.75 Å². The van der Waals surface area contributed by atoms with Crippen LogP contribution in [-0.4, -0.2) is 17.8 Å². The molecule has 1 rings (SSSR count). The summed E-state index contributed by atoms with van der Waals surface area (Å²) in [6.45, 7) is 6.60. The normalized spacial score (nSPS) is 10.4. The zero-order chi connectivity index (χ0) is 12.8. The highest BCUT2D eigenvalue weighted by molar-refractivity contribution is 5.67. The second kappa shape index (κ2) is 6.13. The molecule has 1 aromatic carbocycles. The van der Waals surface area contributed by atoms with Gasteiger partial charge < -0.3 is 15.2 Å². The maximum atomic E-state index is 11.3. The van der Waals surface area contributed by atoms with Crippen molar-refractivity contribution in [3.05, 3.63) is 29.3 Å². The first-order valence-corrected chi connectivity index (χ1v) is 5.68. The lowest BCUT2D eigenvalue weighted by Crippen LogP contribution is -2.25. The quantitative estimate of drug-likeness (QED) is 0.846. The molecular formula is C13H19NO3. The molecule has 0 atom stereocenters. The number of hydrogen-bond donors (Lipinski definition) is 2. The minimum Gasteiger partial charge on any atom is -0.508 e. The topological polar surface area (TPSA) is 58.6 Å². The van der Waals surface area contributed by atoms with E-state index in [4.69, 9.17) is 4.74 Å². The monoisotopic (exact) mass is 237 g/mol. The second-order valence-corrected chi connectivity index (χ2v) is 4.47. The highest BCUT2D eigenvalue weighted by Gasteiger charge is 2.04. The Morgan fingerprint density at radius 1 is 1.47 bits per heavy atom. The molecule has 4 nitrogen and oxygen atoms in total. The number of benzene rings is 1. The summed E-state index contributed by atoms with van der Waals surface area (Å²) in [4.78, 5) is 11.3. The van der Waals surface area contributed by atoms with Crippen LogP contribution in [0.15, 0.2) is 18.2 Å². The minimum absolute atomic E-state index is 0.260. The molecule has 1 aromatic rings. The fourth-order valence-corrected chi connectivity index (χ4v) is 1.30. The van der Waals surface area contributed by atoms with Gasteiger partial charge in [0.2, 0.25) is 0 Å². The predicted octanol–water partition coefficient (Wildman–Crippen LogP) is 2.58. The van der Waals surface area contributed by atoms with Crippen molar-refractivity contribution in [2.24, 2.45) is 5.92 Å². The van der Waals surface area contributed by atoms with Gasteiger partial charge >= 0.3 is 6.09 Å². The van der Waals surface area contributed by atoms with Crippen molar-refractivity contribution in [2.75, 3.05) is 6.61 Å². The average Bonchev–Trinajstić information content (AvgIpc) is 2.28. The molecule has 0 spiro atoms. The predicted molar refractivity (Wildman–Crippen MR) is 65.9 cm³/mol. The van der Waals surface area contributed by atoms with E-state index in [1.165, 1.54) is 0 Å². The van der Waals surface area contributed by atoms with E-state index in [0.717, 1.165) is 11.1 Å². The van der Waals surface area contributed by atoms with Gasteiger partial charge in [0, 0.05) is 6.54 Å². The number of hydrogen-bond acceptors (Lipinski definition) is 3. The maximum absolute atomic E-state index is 11.3. The van der Waals surface area contributed by atoms with Crippen LogP contribution in [-0.2, 0) is 11.3 Å². The fourth-order valence-electron chi connectivity index (χ4n) is 1.30. The molecule has 2 N–H and O–H groups in total. The number of aryl methyl sites for hydroxylation is 1. The first-order chi connectivity index (χ1) is 7.99. The van der Waals surface area contributed by atoms with E-state index in [-0.39, 0.29) is 5.75 Å². The highest BCUT2D eigenvalue weighted by atomic mass is 16.5. The maximum Gasteiger partial charge on any atom is 0.407 e. The largest absolute Gasteiger partial charge is 0.508 e. The number of phenolic OH excluding ortho intramolecular Hbond substituents is 1. The molecule has 94 valence electrons. The molecule has 4 heteroatoms. The smallest absolute Gasteiger partial charge is 0.407 e. The lowest BCUT2D eigenvalue weighted by molar-refractivity contribution is 0.132. The number of aromatic hydroxyl groups is 1. The van der Waals surface area contributed by atoms with Crippen LogP contribution in [0.4, 0.5) is 4.79 Å². The Bertz CT molecular complexity index is 388. The molecule has 0 aliphatic rings. The van der Waals surface area contributed by atoms with E-state index >= 15 is 0 Å². The molecule has 0 aliphatic heterocycles. The van der Waals surface area contributed by atoms with E-state index in [1.807, 2.05) is 26.8 Å². The number of ether oxygens (including phenoxy) is 1. The van der Waals surface area contributed by atoms with Gasteiger partial charge in [-0.05, 0) is 30.0 Å². The highest BCUT2D eigenvalue weighted by Crippen LogP contribution is 2.16. The Labute approximate surface area is 102 Å². The van der Waals surface area contributed by atoms with Crippen LogP contribution in [0.3, 0.4) is 0 Å². The van der Waals surface area contributed by atoms with E-state index in [1.54, 1.807) is 12.1 Å². The van der Waals surface area contributed by atoms with Gasteiger partial charge in [-0.3, -0.25) is 0 Å². The number of amides is 1. The van der Waals surface area contributed by atoms with Crippen LogP contribution >= 0.6 is 0 Å². The Morgan fingerprint density at radius 2 is 2.18 bits per heavy atom. The molecule has 0 saturated carbocycles. The number of carbonyl (C=O) groups is 1. The van der Waals surface area contributed by atoms with Crippen LogP contribution in [0, 0.1) is 12.8 Å². The van der Waals surface area contributed by atoms with Gasteiger partial charge in [0.25, 0.3) is 0 Å². The number of nitrogens with one attached hydrogen (secondary N) is 1. The Morgan fingerprint density at radius 3 is 2.76 bits per heavy atom. The van der Waals surface area contributed by atoms with Gasteiger partial charge in [0.1, 0.15) is 5.75 Å². The van der Waals surface area contributed by atoms with Crippen molar-refractivity contribution in [1.29, 1.82) is 0 Å². The fraction of sp³-hybridized carbons (Fsp3) is 0.462. The molecule has 1 amide bonds. The first-order valence-electron chi connectivity index (χ1n) is 5.68. The molecule has 17 heavy (non-hydrogen) atoms. The average molecular weight is 237 g/mol. The summed E-state index contributed by atoms with van der Waals surface area (Å²) in [5.74, 6) is 0.591. The molecule has 0 radical (unpaired) electrons. The van der Waals surface area contributed by atoms with Crippen LogP contribution in [0.1, 0.15) is 25.0 Å². The third kappa shape index (κ3) is 4.76. The van der Waals surface area contributed by atoms with Gasteiger partial charge in [-0.15, -0.1) is 0 Å². The molecule has 0 bridgehead atoms. The summed E-state index contributed by atoms with van der Waals surface area (Å²) in [5.41, 5.74) is 1.72. The van der Waals surface area contributed by atoms with E-state index in [2.05, 4.69) is 5.32 Å². The lowest BCUT2D eigenvalue weighted by atomic mass is 10.1. The third-order valence-electron chi connectivity index (χ3n) is 2.25. The molecule has 0 unspecified atom stereocenters. The van der Waals surface area contributed by atoms with Crippen LogP contribution in [0.25, 0.3) is 0 Å². The SMILES string of the molecule is Cc1cc(CNC(=O)OCC(C)C)ccc1O. The Balaban J connectivity index is 2.39. The molecular weight excluding hydrogens is 218 g/mol. The van der Waals surface area contributed by atoms with Crippen molar-refractivity contribution >= 4 is 6.09 Å². The Kier molecular flexibility index (Phi) is 4.82. The number of rotatable bonds is 4.